The van der Waals surface area contributed by atoms with Gasteiger partial charge >= 0.3 is 13.8 Å². The van der Waals surface area contributed by atoms with Crippen molar-refractivity contribution in [3.8, 4) is 0 Å². The summed E-state index contributed by atoms with van der Waals surface area (Å²) in [6.07, 6.45) is 2.08. The number of hydrogen-bond donors (Lipinski definition) is 2. The Morgan fingerprint density at radius 2 is 2.00 bits per heavy atom. The van der Waals surface area contributed by atoms with Crippen LogP contribution in [0.2, 0.25) is 0 Å². The molecule has 0 bridgehead atoms. The Morgan fingerprint density at radius 3 is 2.50 bits per heavy atom. The molecule has 0 fully saturated rings. The quantitative estimate of drug-likeness (QED) is 0.475. The number of carbonyl (C=O) groups excluding carboxylic acids is 2. The van der Waals surface area contributed by atoms with Crippen molar-refractivity contribution >= 4 is 19.7 Å². The lowest BCUT2D eigenvalue weighted by Crippen LogP contribution is -2.37. The van der Waals surface area contributed by atoms with Gasteiger partial charge in [-0.1, -0.05) is 26.2 Å². The van der Waals surface area contributed by atoms with Gasteiger partial charge in [0.1, 0.15) is 5.78 Å². The molecular formula is C11H22FN2O5P. The molecule has 9 heteroatoms. The SMILES string of the molecule is CCCCCCOC(=O)N[C@H](CC(N)=O)P(=O)(F)OC. The molecule has 0 heterocycles. The Balaban J connectivity index is 4.26. The highest BCUT2D eigenvalue weighted by atomic mass is 31.2. The zero-order valence-electron chi connectivity index (χ0n) is 11.8. The second-order valence-corrected chi connectivity index (χ2v) is 6.26. The number of hydrogen-bond acceptors (Lipinski definition) is 5. The molecule has 0 aliphatic rings. The molecular weight excluding hydrogens is 290 g/mol. The molecule has 3 N–H and O–H groups in total. The molecule has 0 saturated carbocycles. The molecule has 7 nitrogen and oxygen atoms in total. The zero-order chi connectivity index (χ0) is 15.6. The number of halogens is 1. The maximum absolute atomic E-state index is 13.5. The Bertz CT molecular complexity index is 367. The molecule has 0 rings (SSSR count). The summed E-state index contributed by atoms with van der Waals surface area (Å²) in [4.78, 5) is 22.2. The van der Waals surface area contributed by atoms with E-state index in [-0.39, 0.29) is 6.61 Å². The molecule has 2 amide bonds. The van der Waals surface area contributed by atoms with E-state index in [0.717, 1.165) is 26.4 Å². The minimum absolute atomic E-state index is 0.165. The maximum atomic E-state index is 13.5. The van der Waals surface area contributed by atoms with Crippen molar-refractivity contribution in [3.63, 3.8) is 0 Å². The molecule has 0 spiro atoms. The van der Waals surface area contributed by atoms with Crippen LogP contribution in [-0.2, 0) is 18.6 Å². The lowest BCUT2D eigenvalue weighted by atomic mass is 10.2. The molecule has 2 atom stereocenters. The van der Waals surface area contributed by atoms with Crippen molar-refractivity contribution < 1.29 is 27.6 Å². The molecule has 0 saturated heterocycles. The number of amides is 2. The highest BCUT2D eigenvalue weighted by molar-refractivity contribution is 7.54. The van der Waals surface area contributed by atoms with E-state index in [1.807, 2.05) is 12.2 Å². The van der Waals surface area contributed by atoms with Gasteiger partial charge in [-0.2, -0.15) is 4.20 Å². The number of carbonyl (C=O) groups is 2. The van der Waals surface area contributed by atoms with Crippen molar-refractivity contribution in [3.05, 3.63) is 0 Å². The van der Waals surface area contributed by atoms with Crippen LogP contribution in [0.25, 0.3) is 0 Å². The normalized spacial score (nSPS) is 15.2. The summed E-state index contributed by atoms with van der Waals surface area (Å²) in [7, 11) is -3.77. The average Bonchev–Trinajstić information content (AvgIpc) is 2.37. The van der Waals surface area contributed by atoms with Crippen molar-refractivity contribution in [2.45, 2.75) is 44.8 Å². The smallest absolute Gasteiger partial charge is 0.407 e. The lowest BCUT2D eigenvalue weighted by Gasteiger charge is -2.19. The van der Waals surface area contributed by atoms with Gasteiger partial charge in [0.05, 0.1) is 13.0 Å². The van der Waals surface area contributed by atoms with Gasteiger partial charge in [-0.15, -0.1) is 0 Å². The van der Waals surface area contributed by atoms with Gasteiger partial charge in [-0.25, -0.2) is 4.79 Å². The third-order valence-corrected chi connectivity index (χ3v) is 4.09. The van der Waals surface area contributed by atoms with Crippen molar-refractivity contribution in [2.75, 3.05) is 13.7 Å². The number of nitrogens with one attached hydrogen (secondary N) is 1. The number of unbranched alkanes of at least 4 members (excludes halogenated alkanes) is 3. The molecule has 1 unspecified atom stereocenters. The fourth-order valence-electron chi connectivity index (χ4n) is 1.43. The van der Waals surface area contributed by atoms with E-state index in [1.54, 1.807) is 0 Å². The molecule has 0 aromatic heterocycles. The summed E-state index contributed by atoms with van der Waals surface area (Å²) < 4.78 is 33.9. The van der Waals surface area contributed by atoms with Gasteiger partial charge in [-0.3, -0.25) is 9.36 Å². The summed E-state index contributed by atoms with van der Waals surface area (Å²) in [5.74, 6) is -2.54. The first-order chi connectivity index (χ1) is 9.33. The molecule has 0 aliphatic heterocycles. The average molecular weight is 312 g/mol. The van der Waals surface area contributed by atoms with Crippen LogP contribution in [0.5, 0.6) is 0 Å². The second kappa shape index (κ2) is 9.72. The Labute approximate surface area is 117 Å². The van der Waals surface area contributed by atoms with E-state index in [9.17, 15) is 18.4 Å². The van der Waals surface area contributed by atoms with Crippen LogP contribution in [0.1, 0.15) is 39.0 Å². The Morgan fingerprint density at radius 1 is 1.35 bits per heavy atom. The first kappa shape index (κ1) is 18.9. The monoisotopic (exact) mass is 312 g/mol. The maximum Gasteiger partial charge on any atom is 0.407 e. The summed E-state index contributed by atoms with van der Waals surface area (Å²) in [6, 6.07) is 0. The van der Waals surface area contributed by atoms with Crippen LogP contribution in [0.15, 0.2) is 0 Å². The molecule has 0 aromatic carbocycles. The summed E-state index contributed by atoms with van der Waals surface area (Å²) in [5, 5.41) is 2.01. The second-order valence-electron chi connectivity index (χ2n) is 4.23. The molecule has 0 aliphatic carbocycles. The summed E-state index contributed by atoms with van der Waals surface area (Å²) in [5.41, 5.74) is 4.90. The van der Waals surface area contributed by atoms with Gasteiger partial charge < -0.3 is 20.3 Å². The van der Waals surface area contributed by atoms with E-state index >= 15 is 0 Å². The minimum Gasteiger partial charge on any atom is -0.450 e. The fraction of sp³-hybridized carbons (Fsp3) is 0.818. The topological polar surface area (TPSA) is 108 Å². The molecule has 118 valence electrons. The van der Waals surface area contributed by atoms with Gasteiger partial charge in [0.25, 0.3) is 0 Å². The predicted molar refractivity (Wildman–Crippen MR) is 71.9 cm³/mol. The number of ether oxygens (including phenoxy) is 1. The Kier molecular flexibility index (Phi) is 9.16. The van der Waals surface area contributed by atoms with E-state index in [0.29, 0.717) is 6.42 Å². The van der Waals surface area contributed by atoms with E-state index in [1.165, 1.54) is 0 Å². The third kappa shape index (κ3) is 8.12. The number of primary amides is 1. The van der Waals surface area contributed by atoms with Crippen LogP contribution < -0.4 is 11.1 Å². The van der Waals surface area contributed by atoms with Gasteiger partial charge in [0, 0.05) is 7.11 Å². The van der Waals surface area contributed by atoms with Gasteiger partial charge in [-0.05, 0) is 6.42 Å². The van der Waals surface area contributed by atoms with Crippen molar-refractivity contribution in [2.24, 2.45) is 5.73 Å². The Hall–Kier alpha value is -1.14. The fourth-order valence-corrected chi connectivity index (χ4v) is 2.34. The highest BCUT2D eigenvalue weighted by Crippen LogP contribution is 2.52. The lowest BCUT2D eigenvalue weighted by molar-refractivity contribution is -0.118. The van der Waals surface area contributed by atoms with Crippen molar-refractivity contribution in [1.29, 1.82) is 0 Å². The van der Waals surface area contributed by atoms with Crippen molar-refractivity contribution in [1.82, 2.24) is 5.32 Å². The molecule has 0 aromatic rings. The zero-order valence-corrected chi connectivity index (χ0v) is 12.7. The highest BCUT2D eigenvalue weighted by Gasteiger charge is 2.36. The van der Waals surface area contributed by atoms with Crippen LogP contribution in [0.4, 0.5) is 8.99 Å². The largest absolute Gasteiger partial charge is 0.450 e. The third-order valence-electron chi connectivity index (χ3n) is 2.53. The minimum atomic E-state index is -4.65. The number of nitrogens with two attached hydrogens (primary N) is 1. The van der Waals surface area contributed by atoms with Crippen LogP contribution in [0.3, 0.4) is 0 Å². The van der Waals surface area contributed by atoms with E-state index in [4.69, 9.17) is 10.5 Å². The summed E-state index contributed by atoms with van der Waals surface area (Å²) >= 11 is 0. The van der Waals surface area contributed by atoms with Crippen LogP contribution >= 0.6 is 7.68 Å². The van der Waals surface area contributed by atoms with Crippen LogP contribution in [-0.4, -0.2) is 31.5 Å². The molecule has 0 radical (unpaired) electrons. The summed E-state index contributed by atoms with van der Waals surface area (Å²) in [6.45, 7) is 2.21. The van der Waals surface area contributed by atoms with E-state index in [2.05, 4.69) is 4.52 Å². The van der Waals surface area contributed by atoms with E-state index < -0.39 is 31.9 Å². The standard InChI is InChI=1S/C11H22FN2O5P/c1-3-4-5-6-7-19-11(16)14-10(8-9(13)15)20(12,17)18-2/h10H,3-8H2,1-2H3,(H2,13,15)(H,14,16)/t10-,20?/m0/s1. The predicted octanol–water partition coefficient (Wildman–Crippen LogP) is 2.30. The first-order valence-corrected chi connectivity index (χ1v) is 7.98. The number of rotatable bonds is 10. The van der Waals surface area contributed by atoms with Gasteiger partial charge in [0.15, 0.2) is 0 Å². The van der Waals surface area contributed by atoms with Crippen LogP contribution in [0, 0.1) is 0 Å². The number of alkyl carbamates (subject to hydrolysis) is 1. The molecule has 20 heavy (non-hydrogen) atoms. The van der Waals surface area contributed by atoms with Gasteiger partial charge in [0.2, 0.25) is 5.91 Å². The first-order valence-electron chi connectivity index (χ1n) is 6.40.